The fourth-order valence-electron chi connectivity index (χ4n) is 2.87. The number of carbonyl (C=O) groups is 1. The van der Waals surface area contributed by atoms with Crippen LogP contribution in [0.1, 0.15) is 35.7 Å². The number of nitrogens with one attached hydrogen (secondary N) is 1. The van der Waals surface area contributed by atoms with Gasteiger partial charge >= 0.3 is 5.97 Å². The third-order valence-corrected chi connectivity index (χ3v) is 3.58. The highest BCUT2D eigenvalue weighted by Crippen LogP contribution is 2.43. The Kier molecular flexibility index (Phi) is 2.04. The molecule has 1 saturated heterocycles. The van der Waals surface area contributed by atoms with E-state index in [1.54, 1.807) is 0 Å². The number of hydrogen-bond donors (Lipinski definition) is 1. The summed E-state index contributed by atoms with van der Waals surface area (Å²) < 4.78 is 5.65. The molecule has 0 amide bonds. The van der Waals surface area contributed by atoms with E-state index in [0.717, 1.165) is 30.5 Å². The molecule has 16 heavy (non-hydrogen) atoms. The standard InChI is InChI=1S/C13H15NO2/c1-9-8-13(6-7-14-9)11-5-3-2-4-10(11)12(15)16-13/h2-5,9,14H,6-8H2,1H3. The second-order valence-electron chi connectivity index (χ2n) is 4.74. The van der Waals surface area contributed by atoms with Gasteiger partial charge in [0.25, 0.3) is 0 Å². The van der Waals surface area contributed by atoms with Crippen molar-refractivity contribution < 1.29 is 9.53 Å². The Morgan fingerprint density at radius 3 is 3.06 bits per heavy atom. The van der Waals surface area contributed by atoms with E-state index in [9.17, 15) is 4.79 Å². The Bertz CT molecular complexity index is 443. The number of benzene rings is 1. The summed E-state index contributed by atoms with van der Waals surface area (Å²) in [7, 11) is 0. The zero-order valence-corrected chi connectivity index (χ0v) is 9.32. The molecule has 0 saturated carbocycles. The number of piperidine rings is 1. The molecule has 0 bridgehead atoms. The van der Waals surface area contributed by atoms with Crippen LogP contribution in [-0.2, 0) is 10.3 Å². The monoisotopic (exact) mass is 217 g/mol. The second kappa shape index (κ2) is 3.32. The van der Waals surface area contributed by atoms with Crippen LogP contribution in [0.25, 0.3) is 0 Å². The van der Waals surface area contributed by atoms with Crippen LogP contribution in [0, 0.1) is 0 Å². The van der Waals surface area contributed by atoms with Gasteiger partial charge in [0.2, 0.25) is 0 Å². The SMILES string of the molecule is CC1CC2(CCN1)OC(=O)c1ccccc12. The summed E-state index contributed by atoms with van der Waals surface area (Å²) in [5.41, 5.74) is 1.46. The summed E-state index contributed by atoms with van der Waals surface area (Å²) in [6.45, 7) is 3.04. The molecule has 3 rings (SSSR count). The fourth-order valence-corrected chi connectivity index (χ4v) is 2.87. The molecule has 2 unspecified atom stereocenters. The summed E-state index contributed by atoms with van der Waals surface area (Å²) in [4.78, 5) is 11.8. The van der Waals surface area contributed by atoms with E-state index in [2.05, 4.69) is 12.2 Å². The molecule has 1 aromatic carbocycles. The van der Waals surface area contributed by atoms with Gasteiger partial charge in [0.1, 0.15) is 5.60 Å². The zero-order valence-electron chi connectivity index (χ0n) is 9.32. The highest BCUT2D eigenvalue weighted by molar-refractivity contribution is 5.94. The van der Waals surface area contributed by atoms with E-state index in [0.29, 0.717) is 6.04 Å². The van der Waals surface area contributed by atoms with Gasteiger partial charge in [-0.25, -0.2) is 4.79 Å². The van der Waals surface area contributed by atoms with Crippen LogP contribution in [0.2, 0.25) is 0 Å². The second-order valence-corrected chi connectivity index (χ2v) is 4.74. The zero-order chi connectivity index (χ0) is 11.2. The summed E-state index contributed by atoms with van der Waals surface area (Å²) in [6, 6.07) is 8.16. The molecule has 0 radical (unpaired) electrons. The van der Waals surface area contributed by atoms with Gasteiger partial charge in [-0.3, -0.25) is 0 Å². The third-order valence-electron chi connectivity index (χ3n) is 3.58. The molecule has 0 aliphatic carbocycles. The summed E-state index contributed by atoms with van der Waals surface area (Å²) in [5.74, 6) is -0.162. The van der Waals surface area contributed by atoms with Gasteiger partial charge in [-0.1, -0.05) is 18.2 Å². The number of carbonyl (C=O) groups excluding carboxylic acids is 1. The largest absolute Gasteiger partial charge is 0.450 e. The lowest BCUT2D eigenvalue weighted by atomic mass is 9.82. The molecular weight excluding hydrogens is 202 g/mol. The van der Waals surface area contributed by atoms with E-state index < -0.39 is 0 Å². The van der Waals surface area contributed by atoms with Gasteiger partial charge in [-0.2, -0.15) is 0 Å². The van der Waals surface area contributed by atoms with Crippen molar-refractivity contribution in [3.05, 3.63) is 35.4 Å². The topological polar surface area (TPSA) is 38.3 Å². The van der Waals surface area contributed by atoms with Gasteiger partial charge in [-0.15, -0.1) is 0 Å². The van der Waals surface area contributed by atoms with Crippen molar-refractivity contribution >= 4 is 5.97 Å². The first kappa shape index (κ1) is 9.85. The smallest absolute Gasteiger partial charge is 0.339 e. The van der Waals surface area contributed by atoms with E-state index in [1.165, 1.54) is 0 Å². The molecule has 1 fully saturated rings. The molecule has 2 aliphatic heterocycles. The Balaban J connectivity index is 2.08. The first-order valence-electron chi connectivity index (χ1n) is 5.77. The molecule has 1 N–H and O–H groups in total. The van der Waals surface area contributed by atoms with Crippen LogP contribution in [-0.4, -0.2) is 18.6 Å². The van der Waals surface area contributed by atoms with Crippen LogP contribution in [0.15, 0.2) is 24.3 Å². The Labute approximate surface area is 94.8 Å². The third kappa shape index (κ3) is 1.28. The minimum atomic E-state index is -0.363. The average molecular weight is 217 g/mol. The summed E-state index contributed by atoms with van der Waals surface area (Å²) in [6.07, 6.45) is 1.75. The molecule has 1 aromatic rings. The Hall–Kier alpha value is -1.35. The number of hydrogen-bond acceptors (Lipinski definition) is 3. The highest BCUT2D eigenvalue weighted by atomic mass is 16.6. The van der Waals surface area contributed by atoms with Crippen molar-refractivity contribution in [3.63, 3.8) is 0 Å². The minimum Gasteiger partial charge on any atom is -0.450 e. The van der Waals surface area contributed by atoms with Gasteiger partial charge in [0.05, 0.1) is 5.56 Å². The molecule has 84 valence electrons. The normalized spacial score (nSPS) is 32.6. The fraction of sp³-hybridized carbons (Fsp3) is 0.462. The predicted molar refractivity (Wildman–Crippen MR) is 60.2 cm³/mol. The van der Waals surface area contributed by atoms with Crippen molar-refractivity contribution in [2.24, 2.45) is 0 Å². The average Bonchev–Trinajstić information content (AvgIpc) is 2.53. The highest BCUT2D eigenvalue weighted by Gasteiger charge is 2.47. The van der Waals surface area contributed by atoms with Gasteiger partial charge in [-0.05, 0) is 19.5 Å². The summed E-state index contributed by atoms with van der Waals surface area (Å²) >= 11 is 0. The van der Waals surface area contributed by atoms with Crippen molar-refractivity contribution in [1.29, 1.82) is 0 Å². The first-order valence-corrected chi connectivity index (χ1v) is 5.77. The van der Waals surface area contributed by atoms with Crippen LogP contribution < -0.4 is 5.32 Å². The quantitative estimate of drug-likeness (QED) is 0.674. The Morgan fingerprint density at radius 1 is 1.44 bits per heavy atom. The number of ether oxygens (including phenoxy) is 1. The lowest BCUT2D eigenvalue weighted by Crippen LogP contribution is -2.45. The summed E-state index contributed by atoms with van der Waals surface area (Å²) in [5, 5.41) is 3.39. The van der Waals surface area contributed by atoms with E-state index >= 15 is 0 Å². The van der Waals surface area contributed by atoms with Crippen molar-refractivity contribution in [2.45, 2.75) is 31.4 Å². The van der Waals surface area contributed by atoms with Crippen LogP contribution in [0.3, 0.4) is 0 Å². The van der Waals surface area contributed by atoms with Crippen molar-refractivity contribution in [1.82, 2.24) is 5.32 Å². The lowest BCUT2D eigenvalue weighted by molar-refractivity contribution is -0.0312. The van der Waals surface area contributed by atoms with Crippen LogP contribution in [0.5, 0.6) is 0 Å². The lowest BCUT2D eigenvalue weighted by Gasteiger charge is -2.36. The number of esters is 1. The Morgan fingerprint density at radius 2 is 2.25 bits per heavy atom. The molecule has 0 aromatic heterocycles. The molecule has 2 atom stereocenters. The molecular formula is C13H15NO2. The maximum atomic E-state index is 11.8. The van der Waals surface area contributed by atoms with Gasteiger partial charge in [0, 0.05) is 24.4 Å². The number of rotatable bonds is 0. The van der Waals surface area contributed by atoms with Crippen LogP contribution in [0.4, 0.5) is 0 Å². The molecule has 3 heteroatoms. The van der Waals surface area contributed by atoms with Gasteiger partial charge < -0.3 is 10.1 Å². The van der Waals surface area contributed by atoms with E-state index in [1.807, 2.05) is 24.3 Å². The minimum absolute atomic E-state index is 0.162. The maximum absolute atomic E-state index is 11.8. The van der Waals surface area contributed by atoms with Crippen molar-refractivity contribution in [2.75, 3.05) is 6.54 Å². The van der Waals surface area contributed by atoms with E-state index in [-0.39, 0.29) is 11.6 Å². The number of fused-ring (bicyclic) bond motifs is 2. The van der Waals surface area contributed by atoms with E-state index in [4.69, 9.17) is 4.74 Å². The molecule has 2 heterocycles. The van der Waals surface area contributed by atoms with Gasteiger partial charge in [0.15, 0.2) is 0 Å². The van der Waals surface area contributed by atoms with Crippen molar-refractivity contribution in [3.8, 4) is 0 Å². The maximum Gasteiger partial charge on any atom is 0.339 e. The molecule has 3 nitrogen and oxygen atoms in total. The first-order chi connectivity index (χ1) is 7.71. The molecule has 1 spiro atoms. The predicted octanol–water partition coefficient (Wildman–Crippen LogP) is 1.82. The van der Waals surface area contributed by atoms with Crippen LogP contribution >= 0.6 is 0 Å². The molecule has 2 aliphatic rings.